The quantitative estimate of drug-likeness (QED) is 0.362. The maximum atomic E-state index is 12.7. The van der Waals surface area contributed by atoms with Crippen molar-refractivity contribution < 1.29 is 18.7 Å². The van der Waals surface area contributed by atoms with Gasteiger partial charge in [-0.25, -0.2) is 4.79 Å². The Morgan fingerprint density at radius 1 is 1.14 bits per heavy atom. The van der Waals surface area contributed by atoms with Gasteiger partial charge in [0.2, 0.25) is 5.89 Å². The Bertz CT molecular complexity index is 1010. The summed E-state index contributed by atoms with van der Waals surface area (Å²) in [5.41, 5.74) is 4.00. The lowest BCUT2D eigenvalue weighted by atomic mass is 10.1. The summed E-state index contributed by atoms with van der Waals surface area (Å²) in [4.78, 5) is 27.6. The smallest absolute Gasteiger partial charge is 0.355 e. The fourth-order valence-corrected chi connectivity index (χ4v) is 3.49. The molecule has 0 spiro atoms. The Morgan fingerprint density at radius 2 is 1.86 bits per heavy atom. The van der Waals surface area contributed by atoms with Crippen molar-refractivity contribution in [1.82, 2.24) is 15.2 Å². The maximum absolute atomic E-state index is 12.7. The van der Waals surface area contributed by atoms with Crippen LogP contribution in [0.4, 0.5) is 0 Å². The summed E-state index contributed by atoms with van der Waals surface area (Å²) >= 11 is 1.17. The highest BCUT2D eigenvalue weighted by Crippen LogP contribution is 2.26. The van der Waals surface area contributed by atoms with E-state index in [9.17, 15) is 9.59 Å². The molecule has 0 aliphatic heterocycles. The van der Waals surface area contributed by atoms with E-state index >= 15 is 0 Å². The van der Waals surface area contributed by atoms with Gasteiger partial charge in [0.1, 0.15) is 5.69 Å². The van der Waals surface area contributed by atoms with Gasteiger partial charge in [0.05, 0.1) is 12.4 Å². The number of benzene rings is 1. The molecular formula is C20H21N3O4S. The van der Waals surface area contributed by atoms with Crippen molar-refractivity contribution in [3.8, 4) is 11.5 Å². The van der Waals surface area contributed by atoms with Crippen LogP contribution in [0.2, 0.25) is 0 Å². The van der Waals surface area contributed by atoms with Gasteiger partial charge >= 0.3 is 5.97 Å². The van der Waals surface area contributed by atoms with E-state index in [1.54, 1.807) is 20.8 Å². The molecule has 146 valence electrons. The highest BCUT2D eigenvalue weighted by atomic mass is 32.2. The van der Waals surface area contributed by atoms with E-state index in [2.05, 4.69) is 15.2 Å². The van der Waals surface area contributed by atoms with Crippen LogP contribution in [0.1, 0.15) is 44.6 Å². The molecule has 0 aliphatic carbocycles. The first-order valence-corrected chi connectivity index (χ1v) is 9.82. The number of aromatic nitrogens is 3. The molecule has 2 aromatic heterocycles. The van der Waals surface area contributed by atoms with Crippen molar-refractivity contribution in [3.05, 3.63) is 52.3 Å². The Balaban J connectivity index is 1.70. The predicted molar refractivity (Wildman–Crippen MR) is 106 cm³/mol. The van der Waals surface area contributed by atoms with Crippen molar-refractivity contribution in [3.63, 3.8) is 0 Å². The summed E-state index contributed by atoms with van der Waals surface area (Å²) in [7, 11) is 0. The zero-order valence-corrected chi connectivity index (χ0v) is 17.0. The number of esters is 1. The van der Waals surface area contributed by atoms with Crippen LogP contribution in [0.3, 0.4) is 0 Å². The van der Waals surface area contributed by atoms with Crippen LogP contribution >= 0.6 is 11.8 Å². The Hall–Kier alpha value is -2.87. The van der Waals surface area contributed by atoms with Crippen LogP contribution in [-0.4, -0.2) is 39.3 Å². The number of ether oxygens (including phenoxy) is 1. The number of H-pyrrole nitrogens is 1. The third kappa shape index (κ3) is 4.17. The van der Waals surface area contributed by atoms with Crippen LogP contribution in [-0.2, 0) is 4.74 Å². The van der Waals surface area contributed by atoms with E-state index in [-0.39, 0.29) is 18.1 Å². The minimum absolute atomic E-state index is 0.122. The highest BCUT2D eigenvalue weighted by Gasteiger charge is 2.23. The first-order valence-electron chi connectivity index (χ1n) is 8.83. The topological polar surface area (TPSA) is 98.1 Å². The van der Waals surface area contributed by atoms with Crippen LogP contribution < -0.4 is 0 Å². The molecule has 28 heavy (non-hydrogen) atoms. The van der Waals surface area contributed by atoms with E-state index in [4.69, 9.17) is 9.15 Å². The zero-order chi connectivity index (χ0) is 20.3. The second-order valence-corrected chi connectivity index (χ2v) is 7.22. The average molecular weight is 399 g/mol. The van der Waals surface area contributed by atoms with Gasteiger partial charge < -0.3 is 14.1 Å². The van der Waals surface area contributed by atoms with E-state index in [1.807, 2.05) is 31.2 Å². The lowest BCUT2D eigenvalue weighted by Gasteiger charge is -2.02. The summed E-state index contributed by atoms with van der Waals surface area (Å²) in [6.45, 7) is 7.51. The van der Waals surface area contributed by atoms with Crippen molar-refractivity contribution in [1.29, 1.82) is 0 Å². The van der Waals surface area contributed by atoms with E-state index in [0.29, 0.717) is 33.6 Å². The summed E-state index contributed by atoms with van der Waals surface area (Å²) in [5, 5.41) is 8.35. The van der Waals surface area contributed by atoms with Gasteiger partial charge in [-0.3, -0.25) is 4.79 Å². The largest absolute Gasteiger partial charge is 0.461 e. The number of nitrogens with zero attached hydrogens (tertiary/aromatic N) is 2. The molecule has 0 bridgehead atoms. The van der Waals surface area contributed by atoms with Crippen LogP contribution in [0.5, 0.6) is 0 Å². The molecule has 0 unspecified atom stereocenters. The van der Waals surface area contributed by atoms with Gasteiger partial charge in [0, 0.05) is 16.8 Å². The summed E-state index contributed by atoms with van der Waals surface area (Å²) in [6, 6.07) is 7.75. The fraction of sp³-hybridized carbons (Fsp3) is 0.300. The van der Waals surface area contributed by atoms with Crippen LogP contribution in [0.15, 0.2) is 33.9 Å². The molecule has 7 nitrogen and oxygen atoms in total. The van der Waals surface area contributed by atoms with E-state index < -0.39 is 5.97 Å². The SMILES string of the molecule is CCOC(=O)c1[nH]c(C)c(C(=O)CSc2nnc(-c3ccc(C)cc3)o2)c1C. The first-order chi connectivity index (χ1) is 13.4. The minimum Gasteiger partial charge on any atom is -0.461 e. The molecule has 0 fully saturated rings. The number of thioether (sulfide) groups is 1. The normalized spacial score (nSPS) is 10.9. The molecule has 1 N–H and O–H groups in total. The summed E-state index contributed by atoms with van der Waals surface area (Å²) in [6.07, 6.45) is 0. The fourth-order valence-electron chi connectivity index (χ4n) is 2.86. The lowest BCUT2D eigenvalue weighted by molar-refractivity contribution is 0.0519. The number of nitrogens with one attached hydrogen (secondary N) is 1. The number of hydrogen-bond acceptors (Lipinski definition) is 7. The molecule has 0 amide bonds. The molecule has 0 radical (unpaired) electrons. The van der Waals surface area contributed by atoms with Crippen LogP contribution in [0, 0.1) is 20.8 Å². The predicted octanol–water partition coefficient (Wildman–Crippen LogP) is 4.14. The Labute approximate surface area is 166 Å². The van der Waals surface area contributed by atoms with E-state index in [0.717, 1.165) is 11.1 Å². The minimum atomic E-state index is -0.463. The summed E-state index contributed by atoms with van der Waals surface area (Å²) in [5.74, 6) is -0.0537. The Morgan fingerprint density at radius 3 is 2.54 bits per heavy atom. The number of carbonyl (C=O) groups excluding carboxylic acids is 2. The Kier molecular flexibility index (Phi) is 5.99. The maximum Gasteiger partial charge on any atom is 0.355 e. The molecular weight excluding hydrogens is 378 g/mol. The second-order valence-electron chi connectivity index (χ2n) is 6.30. The van der Waals surface area contributed by atoms with Gasteiger partial charge in [-0.1, -0.05) is 29.5 Å². The number of rotatable bonds is 7. The molecule has 3 rings (SSSR count). The first kappa shape index (κ1) is 19.9. The molecule has 2 heterocycles. The number of hydrogen-bond donors (Lipinski definition) is 1. The van der Waals surface area contributed by atoms with Gasteiger partial charge in [-0.05, 0) is 45.4 Å². The number of aryl methyl sites for hydroxylation is 2. The van der Waals surface area contributed by atoms with Gasteiger partial charge in [0.15, 0.2) is 5.78 Å². The van der Waals surface area contributed by atoms with Gasteiger partial charge in [-0.15, -0.1) is 10.2 Å². The lowest BCUT2D eigenvalue weighted by Crippen LogP contribution is -2.08. The molecule has 0 aliphatic rings. The molecule has 0 saturated heterocycles. The number of aromatic amines is 1. The van der Waals surface area contributed by atoms with Crippen molar-refractivity contribution >= 4 is 23.5 Å². The highest BCUT2D eigenvalue weighted by molar-refractivity contribution is 7.99. The standard InChI is InChI=1S/C20H21N3O4S/c1-5-26-19(25)17-12(3)16(13(4)21-17)15(24)10-28-20-23-22-18(27-20)14-8-6-11(2)7-9-14/h6-9,21H,5,10H2,1-4H3. The van der Waals surface area contributed by atoms with Crippen molar-refractivity contribution in [2.75, 3.05) is 12.4 Å². The second kappa shape index (κ2) is 8.43. The zero-order valence-electron chi connectivity index (χ0n) is 16.2. The molecule has 8 heteroatoms. The monoisotopic (exact) mass is 399 g/mol. The van der Waals surface area contributed by atoms with E-state index in [1.165, 1.54) is 11.8 Å². The third-order valence-corrected chi connectivity index (χ3v) is 5.05. The molecule has 3 aromatic rings. The average Bonchev–Trinajstić information content (AvgIpc) is 3.25. The van der Waals surface area contributed by atoms with Gasteiger partial charge in [0.25, 0.3) is 5.22 Å². The summed E-state index contributed by atoms with van der Waals surface area (Å²) < 4.78 is 10.7. The molecule has 1 aromatic carbocycles. The number of ketones is 1. The molecule has 0 saturated carbocycles. The number of Topliss-reactive ketones (excluding diaryl/α,β-unsaturated/α-hetero) is 1. The third-order valence-electron chi connectivity index (χ3n) is 4.23. The van der Waals surface area contributed by atoms with Crippen molar-refractivity contribution in [2.45, 2.75) is 32.9 Å². The van der Waals surface area contributed by atoms with Gasteiger partial charge in [-0.2, -0.15) is 0 Å². The number of carbonyl (C=O) groups is 2. The van der Waals surface area contributed by atoms with Crippen LogP contribution in [0.25, 0.3) is 11.5 Å². The molecule has 0 atom stereocenters. The van der Waals surface area contributed by atoms with Crippen molar-refractivity contribution in [2.24, 2.45) is 0 Å².